The number of nitrogens with zero attached hydrogens (tertiary/aromatic N) is 1. The number of ketones is 1. The van der Waals surface area contributed by atoms with Crippen LogP contribution in [-0.2, 0) is 17.8 Å². The minimum absolute atomic E-state index is 0.0320. The van der Waals surface area contributed by atoms with Gasteiger partial charge in [0.15, 0.2) is 5.78 Å². The highest BCUT2D eigenvalue weighted by molar-refractivity contribution is 5.96. The minimum Gasteiger partial charge on any atom is -0.496 e. The molecule has 1 aliphatic rings. The van der Waals surface area contributed by atoms with Gasteiger partial charge in [-0.3, -0.25) is 14.5 Å². The molecule has 2 aromatic carbocycles. The molecule has 1 amide bonds. The fourth-order valence-corrected chi connectivity index (χ4v) is 4.20. The number of rotatable bonds is 8. The Morgan fingerprint density at radius 2 is 1.80 bits per heavy atom. The predicted molar refractivity (Wildman–Crippen MR) is 120 cm³/mol. The number of carbonyl (C=O) groups excluding carboxylic acids is 2. The van der Waals surface area contributed by atoms with Gasteiger partial charge in [0, 0.05) is 29.4 Å². The summed E-state index contributed by atoms with van der Waals surface area (Å²) in [7, 11) is 3.74. The summed E-state index contributed by atoms with van der Waals surface area (Å²) < 4.78 is 5.38. The monoisotopic (exact) mass is 408 g/mol. The number of ether oxygens (including phenoxy) is 1. The molecular weight excluding hydrogens is 376 g/mol. The van der Waals surface area contributed by atoms with Crippen LogP contribution >= 0.6 is 0 Å². The van der Waals surface area contributed by atoms with Crippen LogP contribution in [0.25, 0.3) is 0 Å². The highest BCUT2D eigenvalue weighted by Crippen LogP contribution is 2.26. The smallest absolute Gasteiger partial charge is 0.228 e. The fraction of sp³-hybridized carbons (Fsp3) is 0.440. The number of nitrogens with one attached hydrogen (secondary N) is 1. The quantitative estimate of drug-likeness (QED) is 0.635. The summed E-state index contributed by atoms with van der Waals surface area (Å²) in [6.45, 7) is 2.33. The van der Waals surface area contributed by atoms with E-state index in [4.69, 9.17) is 4.74 Å². The number of para-hydroxylation sites is 1. The van der Waals surface area contributed by atoms with Crippen molar-refractivity contribution in [3.63, 3.8) is 0 Å². The second kappa shape index (κ2) is 10.4. The molecule has 0 unspecified atom stereocenters. The second-order valence-electron chi connectivity index (χ2n) is 8.17. The van der Waals surface area contributed by atoms with Gasteiger partial charge in [-0.1, -0.05) is 37.5 Å². The third kappa shape index (κ3) is 5.70. The van der Waals surface area contributed by atoms with Crippen molar-refractivity contribution < 1.29 is 14.3 Å². The standard InChI is InChI=1S/C25H32N2O3/c1-18(28)19-13-14-24(30-3)21(15-19)16-25(29)26-23-12-8-7-9-20(23)17-27(2)22-10-5-4-6-11-22/h7-9,12-15,22H,4-6,10-11,16-17H2,1-3H3,(H,26,29). The first kappa shape index (κ1) is 22.0. The summed E-state index contributed by atoms with van der Waals surface area (Å²) in [6, 6.07) is 13.8. The number of hydrogen-bond donors (Lipinski definition) is 1. The molecule has 3 rings (SSSR count). The van der Waals surface area contributed by atoms with Crippen molar-refractivity contribution in [2.45, 2.75) is 58.0 Å². The summed E-state index contributed by atoms with van der Waals surface area (Å²) in [5.41, 5.74) is 3.24. The first-order chi connectivity index (χ1) is 14.5. The maximum atomic E-state index is 12.8. The van der Waals surface area contributed by atoms with Gasteiger partial charge in [-0.15, -0.1) is 0 Å². The summed E-state index contributed by atoms with van der Waals surface area (Å²) >= 11 is 0. The molecule has 0 radical (unpaired) electrons. The number of carbonyl (C=O) groups is 2. The zero-order valence-electron chi connectivity index (χ0n) is 18.2. The fourth-order valence-electron chi connectivity index (χ4n) is 4.20. The Labute approximate surface area is 179 Å². The van der Waals surface area contributed by atoms with Gasteiger partial charge in [-0.05, 0) is 56.6 Å². The van der Waals surface area contributed by atoms with Crippen LogP contribution in [0.3, 0.4) is 0 Å². The van der Waals surface area contributed by atoms with Crippen LogP contribution in [0.1, 0.15) is 60.5 Å². The normalized spacial score (nSPS) is 14.5. The van der Waals surface area contributed by atoms with Crippen LogP contribution in [-0.4, -0.2) is 36.8 Å². The first-order valence-electron chi connectivity index (χ1n) is 10.7. The average molecular weight is 409 g/mol. The Morgan fingerprint density at radius 1 is 1.07 bits per heavy atom. The van der Waals surface area contributed by atoms with E-state index < -0.39 is 0 Å². The van der Waals surface area contributed by atoms with E-state index >= 15 is 0 Å². The Morgan fingerprint density at radius 3 is 2.50 bits per heavy atom. The lowest BCUT2D eigenvalue weighted by atomic mass is 9.94. The molecular formula is C25H32N2O3. The van der Waals surface area contributed by atoms with Crippen LogP contribution in [0.4, 0.5) is 5.69 Å². The van der Waals surface area contributed by atoms with E-state index in [0.717, 1.165) is 17.8 Å². The SMILES string of the molecule is COc1ccc(C(C)=O)cc1CC(=O)Nc1ccccc1CN(C)C1CCCCC1. The third-order valence-electron chi connectivity index (χ3n) is 5.95. The van der Waals surface area contributed by atoms with E-state index in [2.05, 4.69) is 23.3 Å². The highest BCUT2D eigenvalue weighted by Gasteiger charge is 2.19. The van der Waals surface area contributed by atoms with Crippen molar-refractivity contribution in [1.82, 2.24) is 4.90 Å². The van der Waals surface area contributed by atoms with Crippen molar-refractivity contribution in [2.24, 2.45) is 0 Å². The maximum absolute atomic E-state index is 12.8. The first-order valence-corrected chi connectivity index (χ1v) is 10.7. The second-order valence-corrected chi connectivity index (χ2v) is 8.17. The van der Waals surface area contributed by atoms with Crippen LogP contribution < -0.4 is 10.1 Å². The van der Waals surface area contributed by atoms with E-state index in [1.807, 2.05) is 18.2 Å². The molecule has 160 valence electrons. The van der Waals surface area contributed by atoms with Gasteiger partial charge in [0.2, 0.25) is 5.91 Å². The van der Waals surface area contributed by atoms with Crippen molar-refractivity contribution in [2.75, 3.05) is 19.5 Å². The topological polar surface area (TPSA) is 58.6 Å². The Balaban J connectivity index is 1.70. The summed E-state index contributed by atoms with van der Waals surface area (Å²) in [4.78, 5) is 26.9. The lowest BCUT2D eigenvalue weighted by molar-refractivity contribution is -0.115. The zero-order chi connectivity index (χ0) is 21.5. The van der Waals surface area contributed by atoms with Gasteiger partial charge in [-0.2, -0.15) is 0 Å². The lowest BCUT2D eigenvalue weighted by Crippen LogP contribution is -2.33. The van der Waals surface area contributed by atoms with Gasteiger partial charge < -0.3 is 10.1 Å². The van der Waals surface area contributed by atoms with Gasteiger partial charge in [-0.25, -0.2) is 0 Å². The summed E-state index contributed by atoms with van der Waals surface area (Å²) in [6.07, 6.45) is 6.58. The lowest BCUT2D eigenvalue weighted by Gasteiger charge is -2.31. The molecule has 1 aliphatic carbocycles. The number of Topliss-reactive ketones (excluding diaryl/α,β-unsaturated/α-hetero) is 1. The van der Waals surface area contributed by atoms with Crippen molar-refractivity contribution in [3.05, 3.63) is 59.2 Å². The maximum Gasteiger partial charge on any atom is 0.228 e. The van der Waals surface area contributed by atoms with E-state index in [-0.39, 0.29) is 18.1 Å². The number of hydrogen-bond acceptors (Lipinski definition) is 4. The molecule has 5 nitrogen and oxygen atoms in total. The molecule has 0 bridgehead atoms. The van der Waals surface area contributed by atoms with E-state index in [9.17, 15) is 9.59 Å². The van der Waals surface area contributed by atoms with E-state index in [1.165, 1.54) is 39.0 Å². The van der Waals surface area contributed by atoms with Crippen molar-refractivity contribution >= 4 is 17.4 Å². The van der Waals surface area contributed by atoms with Crippen LogP contribution in [0.2, 0.25) is 0 Å². The summed E-state index contributed by atoms with van der Waals surface area (Å²) in [5, 5.41) is 3.06. The molecule has 2 aromatic rings. The van der Waals surface area contributed by atoms with Crippen LogP contribution in [0.15, 0.2) is 42.5 Å². The average Bonchev–Trinajstić information content (AvgIpc) is 2.75. The number of benzene rings is 2. The Hall–Kier alpha value is -2.66. The molecule has 0 heterocycles. The van der Waals surface area contributed by atoms with Crippen molar-refractivity contribution in [3.8, 4) is 5.75 Å². The predicted octanol–water partition coefficient (Wildman–Crippen LogP) is 4.84. The van der Waals surface area contributed by atoms with Gasteiger partial charge in [0.25, 0.3) is 0 Å². The molecule has 30 heavy (non-hydrogen) atoms. The van der Waals surface area contributed by atoms with Gasteiger partial charge >= 0.3 is 0 Å². The van der Waals surface area contributed by atoms with Crippen LogP contribution in [0.5, 0.6) is 5.75 Å². The Kier molecular flexibility index (Phi) is 7.63. The molecule has 0 aromatic heterocycles. The largest absolute Gasteiger partial charge is 0.496 e. The number of amides is 1. The molecule has 0 aliphatic heterocycles. The van der Waals surface area contributed by atoms with Crippen LogP contribution in [0, 0.1) is 0 Å². The zero-order valence-corrected chi connectivity index (χ0v) is 18.2. The molecule has 1 saturated carbocycles. The molecule has 0 saturated heterocycles. The number of methoxy groups -OCH3 is 1. The molecule has 0 spiro atoms. The summed E-state index contributed by atoms with van der Waals surface area (Å²) in [5.74, 6) is 0.456. The third-order valence-corrected chi connectivity index (χ3v) is 5.95. The number of anilines is 1. The molecule has 1 fully saturated rings. The molecule has 5 heteroatoms. The molecule has 0 atom stereocenters. The van der Waals surface area contributed by atoms with Gasteiger partial charge in [0.1, 0.15) is 5.75 Å². The van der Waals surface area contributed by atoms with Gasteiger partial charge in [0.05, 0.1) is 13.5 Å². The van der Waals surface area contributed by atoms with E-state index in [1.54, 1.807) is 25.3 Å². The van der Waals surface area contributed by atoms with Crippen molar-refractivity contribution in [1.29, 1.82) is 0 Å². The minimum atomic E-state index is -0.123. The Bertz CT molecular complexity index is 888. The highest BCUT2D eigenvalue weighted by atomic mass is 16.5. The molecule has 1 N–H and O–H groups in total. The van der Waals surface area contributed by atoms with E-state index in [0.29, 0.717) is 22.9 Å².